The van der Waals surface area contributed by atoms with Gasteiger partial charge in [0.1, 0.15) is 18.5 Å². The van der Waals surface area contributed by atoms with E-state index in [0.717, 1.165) is 85.9 Å². The van der Waals surface area contributed by atoms with E-state index < -0.39 is 12.0 Å². The van der Waals surface area contributed by atoms with Gasteiger partial charge in [0, 0.05) is 62.7 Å². The molecule has 0 unspecified atom stereocenters. The zero-order chi connectivity index (χ0) is 38.1. The van der Waals surface area contributed by atoms with Crippen LogP contribution in [0.4, 0.5) is 11.8 Å². The summed E-state index contributed by atoms with van der Waals surface area (Å²) in [4.78, 5) is 36.8. The molecule has 1 saturated heterocycles. The molecule has 0 spiro atoms. The van der Waals surface area contributed by atoms with Crippen molar-refractivity contribution in [2.45, 2.75) is 108 Å². The van der Waals surface area contributed by atoms with Crippen molar-refractivity contribution in [3.63, 3.8) is 0 Å². The van der Waals surface area contributed by atoms with Crippen LogP contribution in [0.1, 0.15) is 81.9 Å². The maximum Gasteiger partial charge on any atom is 0.323 e. The maximum atomic E-state index is 13.0. The second kappa shape index (κ2) is 21.4. The van der Waals surface area contributed by atoms with E-state index in [1.807, 2.05) is 70.4 Å². The zero-order valence-corrected chi connectivity index (χ0v) is 32.1. The highest BCUT2D eigenvalue weighted by atomic mass is 16.5. The number of carbonyl (C=O) groups excluding carboxylic acids is 2. The van der Waals surface area contributed by atoms with Crippen molar-refractivity contribution in [3.8, 4) is 0 Å². The highest BCUT2D eigenvalue weighted by molar-refractivity contribution is 5.90. The lowest BCUT2D eigenvalue weighted by atomic mass is 9.95. The van der Waals surface area contributed by atoms with Crippen LogP contribution in [0.25, 0.3) is 10.9 Å². The molecule has 1 aliphatic heterocycles. The number of piperidine rings is 1. The highest BCUT2D eigenvalue weighted by Crippen LogP contribution is 2.25. The lowest BCUT2D eigenvalue weighted by molar-refractivity contribution is -0.146. The minimum Gasteiger partial charge on any atom is -0.460 e. The Morgan fingerprint density at radius 3 is 2.49 bits per heavy atom. The van der Waals surface area contributed by atoms with Gasteiger partial charge in [-0.3, -0.25) is 14.3 Å². The summed E-state index contributed by atoms with van der Waals surface area (Å²) in [5.41, 5.74) is 8.73. The fourth-order valence-corrected chi connectivity index (χ4v) is 7.31. The third-order valence-corrected chi connectivity index (χ3v) is 10.5. The van der Waals surface area contributed by atoms with E-state index in [-0.39, 0.29) is 31.4 Å². The van der Waals surface area contributed by atoms with E-state index in [2.05, 4.69) is 31.6 Å². The molecule has 1 atom stereocenters. The minimum atomic E-state index is -0.833. The van der Waals surface area contributed by atoms with Crippen LogP contribution in [0, 0.1) is 0 Å². The fourth-order valence-electron chi connectivity index (χ4n) is 7.31. The predicted molar refractivity (Wildman–Crippen MR) is 215 cm³/mol. The van der Waals surface area contributed by atoms with Gasteiger partial charge in [0.05, 0.1) is 11.2 Å². The Morgan fingerprint density at radius 2 is 1.65 bits per heavy atom. The number of rotatable bonds is 21. The average molecular weight is 754 g/mol. The van der Waals surface area contributed by atoms with E-state index in [1.54, 1.807) is 0 Å². The highest BCUT2D eigenvalue weighted by Gasteiger charge is 2.25. The van der Waals surface area contributed by atoms with Gasteiger partial charge in [-0.15, -0.1) is 5.10 Å². The van der Waals surface area contributed by atoms with Crippen molar-refractivity contribution in [3.05, 3.63) is 72.1 Å². The summed E-state index contributed by atoms with van der Waals surface area (Å²) in [5, 5.41) is 23.9. The molecule has 1 saturated carbocycles. The van der Waals surface area contributed by atoms with Crippen molar-refractivity contribution in [1.29, 1.82) is 0 Å². The van der Waals surface area contributed by atoms with E-state index in [9.17, 15) is 9.59 Å². The molecular formula is C41H59N11O3. The third-order valence-electron chi connectivity index (χ3n) is 10.5. The zero-order valence-electron chi connectivity index (χ0n) is 32.1. The molecule has 14 heteroatoms. The number of nitrogens with one attached hydrogen (secondary N) is 4. The molecule has 0 bridgehead atoms. The largest absolute Gasteiger partial charge is 0.460 e. The molecule has 0 radical (unpaired) electrons. The Morgan fingerprint density at radius 1 is 0.873 bits per heavy atom. The summed E-state index contributed by atoms with van der Waals surface area (Å²) in [6, 6.07) is 17.5. The van der Waals surface area contributed by atoms with Gasteiger partial charge in [0.25, 0.3) is 0 Å². The summed E-state index contributed by atoms with van der Waals surface area (Å²) >= 11 is 0. The van der Waals surface area contributed by atoms with Crippen LogP contribution in [-0.4, -0.2) is 99.1 Å². The molecule has 1 amide bonds. The molecule has 14 nitrogen and oxygen atoms in total. The lowest BCUT2D eigenvalue weighted by Gasteiger charge is -2.33. The fraction of sp³-hybridized carbons (Fsp3) is 0.561. The molecule has 2 fully saturated rings. The van der Waals surface area contributed by atoms with Gasteiger partial charge in [-0.2, -0.15) is 4.98 Å². The number of ether oxygens (including phenoxy) is 1. The van der Waals surface area contributed by atoms with Crippen LogP contribution in [0.15, 0.2) is 60.8 Å². The monoisotopic (exact) mass is 753 g/mol. The summed E-state index contributed by atoms with van der Waals surface area (Å²) in [6.45, 7) is 5.98. The second-order valence-electron chi connectivity index (χ2n) is 14.8. The standard InChI is InChI=1S/C41H59N11O3/c42-36(40(54)55-30-31-11-3-1-4-12-31)17-18-38(53)51-27-20-33(21-28-51)46-39-35-15-7-8-16-37(35)47-41(48-39)45-25-19-34-29-52(50-49-34)26-10-23-43-22-9-24-44-32-13-5-2-6-14-32/h1,3-4,7-8,11-12,15-16,29,32-33,36,43-44H,2,5-6,9-10,13-14,17-28,30,42H2,(H2,45,46,47,48)/t36-/m0/s1. The number of fused-ring (bicyclic) bond motifs is 1. The molecule has 3 heterocycles. The van der Waals surface area contributed by atoms with E-state index in [0.29, 0.717) is 32.0 Å². The summed E-state index contributed by atoms with van der Waals surface area (Å²) in [5.74, 6) is 0.845. The van der Waals surface area contributed by atoms with Gasteiger partial charge in [-0.25, -0.2) is 4.98 Å². The Balaban J connectivity index is 0.880. The quantitative estimate of drug-likeness (QED) is 0.0599. The number of hydrogen-bond acceptors (Lipinski definition) is 12. The Kier molecular flexibility index (Phi) is 15.6. The van der Waals surface area contributed by atoms with Gasteiger partial charge in [-0.1, -0.05) is 66.9 Å². The van der Waals surface area contributed by atoms with Crippen LogP contribution in [0.2, 0.25) is 0 Å². The first-order valence-electron chi connectivity index (χ1n) is 20.3. The van der Waals surface area contributed by atoms with E-state index in [4.69, 9.17) is 20.4 Å². The molecule has 296 valence electrons. The molecule has 2 aromatic carbocycles. The SMILES string of the molecule is N[C@@H](CCC(=O)N1CCC(Nc2nc(NCCc3cn(CCCNCCCNC4CCCCC4)nn3)nc3ccccc23)CC1)C(=O)OCc1ccccc1. The number of nitrogens with zero attached hydrogens (tertiary/aromatic N) is 6. The van der Waals surface area contributed by atoms with Crippen molar-refractivity contribution in [2.24, 2.45) is 5.73 Å². The molecule has 2 aliphatic rings. The summed E-state index contributed by atoms with van der Waals surface area (Å²) in [6.07, 6.45) is 13.7. The Bertz CT molecular complexity index is 1760. The Hall–Kier alpha value is -4.66. The number of esters is 1. The van der Waals surface area contributed by atoms with Gasteiger partial charge in [0.15, 0.2) is 0 Å². The van der Waals surface area contributed by atoms with Gasteiger partial charge in [-0.05, 0) is 82.3 Å². The number of aryl methyl sites for hydroxylation is 1. The average Bonchev–Trinajstić information content (AvgIpc) is 3.68. The van der Waals surface area contributed by atoms with Crippen molar-refractivity contribution in [2.75, 3.05) is 49.9 Å². The molecule has 2 aromatic heterocycles. The number of aromatic nitrogens is 5. The molecular weight excluding hydrogens is 695 g/mol. The minimum absolute atomic E-state index is 0.00383. The van der Waals surface area contributed by atoms with Crippen molar-refractivity contribution < 1.29 is 14.3 Å². The summed E-state index contributed by atoms with van der Waals surface area (Å²) < 4.78 is 7.26. The number of para-hydroxylation sites is 1. The number of likely N-dealkylation sites (tertiary alicyclic amines) is 1. The van der Waals surface area contributed by atoms with Crippen LogP contribution < -0.4 is 27.0 Å². The van der Waals surface area contributed by atoms with Gasteiger partial charge < -0.3 is 36.6 Å². The first-order chi connectivity index (χ1) is 27.0. The number of anilines is 2. The van der Waals surface area contributed by atoms with E-state index >= 15 is 0 Å². The number of nitrogens with two attached hydrogens (primary N) is 1. The molecule has 4 aromatic rings. The number of hydrogen-bond donors (Lipinski definition) is 5. The van der Waals surface area contributed by atoms with Crippen molar-refractivity contribution >= 4 is 34.5 Å². The Labute approximate surface area is 324 Å². The van der Waals surface area contributed by atoms with Gasteiger partial charge in [0.2, 0.25) is 11.9 Å². The smallest absolute Gasteiger partial charge is 0.323 e. The number of benzene rings is 2. The third kappa shape index (κ3) is 13.0. The van der Waals surface area contributed by atoms with Gasteiger partial charge >= 0.3 is 5.97 Å². The normalized spacial score (nSPS) is 15.9. The maximum absolute atomic E-state index is 13.0. The van der Waals surface area contributed by atoms with Crippen LogP contribution in [-0.2, 0) is 33.9 Å². The molecule has 55 heavy (non-hydrogen) atoms. The van der Waals surface area contributed by atoms with Crippen LogP contribution in [0.5, 0.6) is 0 Å². The first-order valence-corrected chi connectivity index (χ1v) is 20.3. The molecule has 6 rings (SSSR count). The number of amides is 1. The van der Waals surface area contributed by atoms with Crippen LogP contribution >= 0.6 is 0 Å². The van der Waals surface area contributed by atoms with Crippen molar-refractivity contribution in [1.82, 2.24) is 40.5 Å². The molecule has 1 aliphatic carbocycles. The number of carbonyl (C=O) groups is 2. The van der Waals surface area contributed by atoms with E-state index in [1.165, 1.54) is 32.1 Å². The second-order valence-corrected chi connectivity index (χ2v) is 14.8. The molecule has 6 N–H and O–H groups in total. The lowest BCUT2D eigenvalue weighted by Crippen LogP contribution is -2.43. The van der Waals surface area contributed by atoms with Crippen LogP contribution in [0.3, 0.4) is 0 Å². The predicted octanol–water partition coefficient (Wildman–Crippen LogP) is 4.42. The topological polar surface area (TPSA) is 177 Å². The summed E-state index contributed by atoms with van der Waals surface area (Å²) in [7, 11) is 0. The first kappa shape index (κ1) is 40.0.